The molecule has 0 saturated carbocycles. The molecule has 0 saturated heterocycles. The van der Waals surface area contributed by atoms with Gasteiger partial charge in [0.05, 0.1) is 23.3 Å². The molecule has 0 unspecified atom stereocenters. The van der Waals surface area contributed by atoms with Crippen LogP contribution in [0.25, 0.3) is 0 Å². The van der Waals surface area contributed by atoms with Gasteiger partial charge >= 0.3 is 6.18 Å². The number of alkyl halides is 3. The van der Waals surface area contributed by atoms with Crippen molar-refractivity contribution in [2.75, 3.05) is 23.3 Å². The number of carbonyl (C=O) groups excluding carboxylic acids is 1. The third-order valence-corrected chi connectivity index (χ3v) is 6.79. The average Bonchev–Trinajstić information content (AvgIpc) is 2.77. The smallest absolute Gasteiger partial charge is 0.416 e. The Morgan fingerprint density at radius 2 is 1.74 bits per heavy atom. The molecule has 0 fully saturated rings. The summed E-state index contributed by atoms with van der Waals surface area (Å²) >= 11 is 6.08. The van der Waals surface area contributed by atoms with Crippen molar-refractivity contribution in [3.63, 3.8) is 0 Å². The zero-order valence-electron chi connectivity index (χ0n) is 18.1. The normalized spacial score (nSPS) is 11.7. The van der Waals surface area contributed by atoms with E-state index in [4.69, 9.17) is 16.3 Å². The second kappa shape index (κ2) is 9.94. The van der Waals surface area contributed by atoms with Gasteiger partial charge in [-0.15, -0.1) is 0 Å². The highest BCUT2D eigenvalue weighted by Gasteiger charge is 2.32. The first-order chi connectivity index (χ1) is 15.9. The molecule has 0 aliphatic carbocycles. The van der Waals surface area contributed by atoms with Gasteiger partial charge in [0.25, 0.3) is 10.0 Å². The summed E-state index contributed by atoms with van der Waals surface area (Å²) in [6, 6.07) is 14.3. The molecular formula is C23H20ClF3N2O4S. The van der Waals surface area contributed by atoms with E-state index in [9.17, 15) is 26.4 Å². The number of aryl methyl sites for hydroxylation is 1. The van der Waals surface area contributed by atoms with Crippen LogP contribution < -0.4 is 14.4 Å². The zero-order valence-corrected chi connectivity index (χ0v) is 19.6. The van der Waals surface area contributed by atoms with Gasteiger partial charge in [-0.3, -0.25) is 9.10 Å². The van der Waals surface area contributed by atoms with Crippen molar-refractivity contribution >= 4 is 38.9 Å². The van der Waals surface area contributed by atoms with E-state index in [1.54, 1.807) is 19.1 Å². The van der Waals surface area contributed by atoms with Crippen LogP contribution in [0.15, 0.2) is 71.6 Å². The van der Waals surface area contributed by atoms with Gasteiger partial charge in [0.1, 0.15) is 12.3 Å². The number of hydrogen-bond acceptors (Lipinski definition) is 4. The average molecular weight is 513 g/mol. The van der Waals surface area contributed by atoms with Gasteiger partial charge < -0.3 is 10.1 Å². The van der Waals surface area contributed by atoms with E-state index in [-0.39, 0.29) is 27.0 Å². The molecule has 1 N–H and O–H groups in total. The number of methoxy groups -OCH3 is 1. The lowest BCUT2D eigenvalue weighted by atomic mass is 10.2. The number of benzene rings is 3. The quantitative estimate of drug-likeness (QED) is 0.453. The molecule has 180 valence electrons. The molecule has 11 heteroatoms. The summed E-state index contributed by atoms with van der Waals surface area (Å²) in [6.45, 7) is 1.04. The van der Waals surface area contributed by atoms with E-state index in [2.05, 4.69) is 5.32 Å². The van der Waals surface area contributed by atoms with E-state index in [1.807, 2.05) is 0 Å². The first-order valence-electron chi connectivity index (χ1n) is 9.82. The third-order valence-electron chi connectivity index (χ3n) is 4.78. The third kappa shape index (κ3) is 5.81. The number of amides is 1. The second-order valence-corrected chi connectivity index (χ2v) is 9.57. The number of rotatable bonds is 7. The molecule has 1 amide bonds. The topological polar surface area (TPSA) is 75.7 Å². The summed E-state index contributed by atoms with van der Waals surface area (Å²) < 4.78 is 72.1. The van der Waals surface area contributed by atoms with Crippen LogP contribution in [0.5, 0.6) is 5.75 Å². The Kier molecular flexibility index (Phi) is 7.42. The number of carbonyl (C=O) groups is 1. The van der Waals surface area contributed by atoms with Crippen LogP contribution in [-0.2, 0) is 21.0 Å². The van der Waals surface area contributed by atoms with Crippen molar-refractivity contribution in [2.45, 2.75) is 18.0 Å². The molecule has 0 atom stereocenters. The summed E-state index contributed by atoms with van der Waals surface area (Å²) in [5.74, 6) is -0.732. The molecule has 3 aromatic carbocycles. The Hall–Kier alpha value is -3.24. The summed E-state index contributed by atoms with van der Waals surface area (Å²) in [4.78, 5) is 12.7. The van der Waals surface area contributed by atoms with Crippen molar-refractivity contribution in [3.8, 4) is 5.75 Å². The maximum Gasteiger partial charge on any atom is 0.416 e. The molecule has 0 heterocycles. The van der Waals surface area contributed by atoms with Crippen LogP contribution >= 0.6 is 11.6 Å². The van der Waals surface area contributed by atoms with Gasteiger partial charge in [-0.05, 0) is 55.5 Å². The minimum absolute atomic E-state index is 0.00485. The minimum atomic E-state index is -4.60. The molecule has 6 nitrogen and oxygen atoms in total. The number of nitrogens with zero attached hydrogens (tertiary/aromatic N) is 1. The highest BCUT2D eigenvalue weighted by molar-refractivity contribution is 7.92. The van der Waals surface area contributed by atoms with E-state index in [0.29, 0.717) is 0 Å². The van der Waals surface area contributed by atoms with Crippen LogP contribution in [-0.4, -0.2) is 28.0 Å². The lowest BCUT2D eigenvalue weighted by molar-refractivity contribution is -0.137. The summed E-state index contributed by atoms with van der Waals surface area (Å²) in [7, 11) is -2.96. The Labute approximate surface area is 200 Å². The fraction of sp³-hybridized carbons (Fsp3) is 0.174. The van der Waals surface area contributed by atoms with Crippen molar-refractivity contribution in [2.24, 2.45) is 0 Å². The fourth-order valence-corrected chi connectivity index (χ4v) is 4.69. The number of nitrogens with one attached hydrogen (secondary N) is 1. The lowest BCUT2D eigenvalue weighted by Gasteiger charge is -2.26. The summed E-state index contributed by atoms with van der Waals surface area (Å²) in [5.41, 5.74) is -0.264. The molecule has 0 radical (unpaired) electrons. The molecule has 0 spiro atoms. The van der Waals surface area contributed by atoms with Gasteiger partial charge in [0, 0.05) is 10.7 Å². The molecule has 3 aromatic rings. The highest BCUT2D eigenvalue weighted by Crippen LogP contribution is 2.35. The van der Waals surface area contributed by atoms with Crippen molar-refractivity contribution < 1.29 is 31.1 Å². The van der Waals surface area contributed by atoms with Gasteiger partial charge in [0.15, 0.2) is 0 Å². The Morgan fingerprint density at radius 1 is 1.06 bits per heavy atom. The highest BCUT2D eigenvalue weighted by atomic mass is 35.5. The lowest BCUT2D eigenvalue weighted by Crippen LogP contribution is -2.38. The zero-order chi connectivity index (χ0) is 25.1. The van der Waals surface area contributed by atoms with Gasteiger partial charge in [-0.2, -0.15) is 13.2 Å². The first kappa shape index (κ1) is 25.4. The van der Waals surface area contributed by atoms with Crippen LogP contribution in [0.4, 0.5) is 24.5 Å². The van der Waals surface area contributed by atoms with Gasteiger partial charge in [-0.25, -0.2) is 8.42 Å². The van der Waals surface area contributed by atoms with Crippen LogP contribution in [0.2, 0.25) is 5.02 Å². The van der Waals surface area contributed by atoms with Crippen molar-refractivity contribution in [3.05, 3.63) is 82.9 Å². The maximum absolute atomic E-state index is 13.5. The van der Waals surface area contributed by atoms with E-state index >= 15 is 0 Å². The molecule has 34 heavy (non-hydrogen) atoms. The van der Waals surface area contributed by atoms with Gasteiger partial charge in [0.2, 0.25) is 5.91 Å². The summed E-state index contributed by atoms with van der Waals surface area (Å²) in [6.07, 6.45) is -4.60. The summed E-state index contributed by atoms with van der Waals surface area (Å²) in [5, 5.41) is 2.51. The number of sulfonamides is 1. The van der Waals surface area contributed by atoms with Crippen LogP contribution in [0.3, 0.4) is 0 Å². The van der Waals surface area contributed by atoms with Crippen molar-refractivity contribution in [1.82, 2.24) is 0 Å². The Bertz CT molecular complexity index is 1300. The first-order valence-corrected chi connectivity index (χ1v) is 11.6. The second-order valence-electron chi connectivity index (χ2n) is 7.27. The van der Waals surface area contributed by atoms with Gasteiger partial charge in [-0.1, -0.05) is 35.4 Å². The molecular weight excluding hydrogens is 493 g/mol. The molecule has 0 bridgehead atoms. The van der Waals surface area contributed by atoms with E-state index in [1.165, 1.54) is 43.5 Å². The fourth-order valence-electron chi connectivity index (χ4n) is 3.10. The SMILES string of the molecule is COc1ccc(Cl)cc1N(CC(=O)Nc1cccc(C(F)(F)F)c1)S(=O)(=O)c1ccc(C)cc1. The predicted octanol–water partition coefficient (Wildman–Crippen LogP) is 5.51. The van der Waals surface area contributed by atoms with Crippen molar-refractivity contribution in [1.29, 1.82) is 0 Å². The van der Waals surface area contributed by atoms with E-state index in [0.717, 1.165) is 28.1 Å². The predicted molar refractivity (Wildman–Crippen MR) is 124 cm³/mol. The Morgan fingerprint density at radius 3 is 2.35 bits per heavy atom. The van der Waals surface area contributed by atoms with Crippen LogP contribution in [0.1, 0.15) is 11.1 Å². The Balaban J connectivity index is 2.01. The molecule has 0 aliphatic heterocycles. The number of halogens is 4. The monoisotopic (exact) mass is 512 g/mol. The standard InChI is InChI=1S/C23H20ClF3N2O4S/c1-15-6-9-19(10-7-15)34(31,32)29(20-13-17(24)8-11-21(20)33-2)14-22(30)28-18-5-3-4-16(12-18)23(25,26)27/h3-13H,14H2,1-2H3,(H,28,30). The number of hydrogen-bond donors (Lipinski definition) is 1. The molecule has 0 aliphatic rings. The number of anilines is 2. The number of ether oxygens (including phenoxy) is 1. The minimum Gasteiger partial charge on any atom is -0.495 e. The maximum atomic E-state index is 13.5. The van der Waals surface area contributed by atoms with Crippen LogP contribution in [0, 0.1) is 6.92 Å². The molecule has 0 aromatic heterocycles. The molecule has 3 rings (SSSR count). The largest absolute Gasteiger partial charge is 0.495 e. The van der Waals surface area contributed by atoms with E-state index < -0.39 is 34.2 Å².